The third-order valence-electron chi connectivity index (χ3n) is 4.91. The molecule has 2 aromatic rings. The number of benzene rings is 1. The van der Waals surface area contributed by atoms with Gasteiger partial charge in [-0.1, -0.05) is 0 Å². The molecule has 1 fully saturated rings. The van der Waals surface area contributed by atoms with Crippen molar-refractivity contribution >= 4 is 12.1 Å². The van der Waals surface area contributed by atoms with Crippen LogP contribution >= 0.6 is 0 Å². The van der Waals surface area contributed by atoms with Crippen LogP contribution in [0, 0.1) is 0 Å². The fourth-order valence-electron chi connectivity index (χ4n) is 4.14. The Balaban J connectivity index is 1.68. The van der Waals surface area contributed by atoms with E-state index in [9.17, 15) is 9.59 Å². The first-order chi connectivity index (χ1) is 14.1. The van der Waals surface area contributed by atoms with Gasteiger partial charge in [-0.25, -0.2) is 0 Å². The van der Waals surface area contributed by atoms with E-state index in [0.717, 1.165) is 28.9 Å². The van der Waals surface area contributed by atoms with E-state index in [1.54, 1.807) is 0 Å². The number of aromatic amines is 1. The number of hydrogen-bond donors (Lipinski definition) is 3. The Morgan fingerprint density at radius 1 is 1.27 bits per heavy atom. The van der Waals surface area contributed by atoms with Crippen molar-refractivity contribution in [1.29, 1.82) is 0 Å². The standard InChI is InChI=1S/C21H30N6O3/c1-6-30-16-9-7-14(8-10-16)13-22-27-19(29)17(24-26-27)18(28)23-15-11-20(2,3)25-21(4,5)12-15/h7-10,13,15,25-26H,6,11-12H2,1-5H3,(H,23,28). The second-order valence-electron chi connectivity index (χ2n) is 8.90. The molecule has 1 aliphatic rings. The van der Waals surface area contributed by atoms with Crippen LogP contribution < -0.4 is 20.9 Å². The van der Waals surface area contributed by atoms with Gasteiger partial charge < -0.3 is 15.4 Å². The Bertz CT molecular complexity index is 955. The van der Waals surface area contributed by atoms with Gasteiger partial charge in [-0.3, -0.25) is 9.59 Å². The maximum atomic E-state index is 12.6. The molecule has 9 nitrogen and oxygen atoms in total. The molecule has 0 atom stereocenters. The summed E-state index contributed by atoms with van der Waals surface area (Å²) in [7, 11) is 0. The van der Waals surface area contributed by atoms with Gasteiger partial charge in [-0.2, -0.15) is 10.3 Å². The van der Waals surface area contributed by atoms with Gasteiger partial charge >= 0.3 is 5.56 Å². The summed E-state index contributed by atoms with van der Waals surface area (Å²) in [6.07, 6.45) is 3.03. The number of H-pyrrole nitrogens is 1. The number of nitrogens with zero attached hydrogens (tertiary/aromatic N) is 3. The number of ether oxygens (including phenoxy) is 1. The highest BCUT2D eigenvalue weighted by Crippen LogP contribution is 2.28. The molecule has 0 aliphatic carbocycles. The molecule has 1 aliphatic heterocycles. The summed E-state index contributed by atoms with van der Waals surface area (Å²) in [6, 6.07) is 7.23. The molecule has 3 N–H and O–H groups in total. The molecule has 1 aromatic carbocycles. The van der Waals surface area contributed by atoms with Gasteiger partial charge in [0.05, 0.1) is 12.8 Å². The van der Waals surface area contributed by atoms with Crippen LogP contribution in [0.5, 0.6) is 5.75 Å². The lowest BCUT2D eigenvalue weighted by Gasteiger charge is -2.46. The summed E-state index contributed by atoms with van der Waals surface area (Å²) in [5.74, 6) is 0.265. The molecule has 9 heteroatoms. The summed E-state index contributed by atoms with van der Waals surface area (Å²) < 4.78 is 5.40. The number of carbonyl (C=O) groups is 1. The van der Waals surface area contributed by atoms with Gasteiger partial charge in [0, 0.05) is 17.1 Å². The average molecular weight is 415 g/mol. The number of aromatic nitrogens is 3. The molecule has 1 aromatic heterocycles. The Kier molecular flexibility index (Phi) is 6.12. The number of carbonyl (C=O) groups excluding carboxylic acids is 1. The van der Waals surface area contributed by atoms with Crippen molar-refractivity contribution in [3.8, 4) is 5.75 Å². The topological polar surface area (TPSA) is 113 Å². The van der Waals surface area contributed by atoms with E-state index in [4.69, 9.17) is 4.74 Å². The van der Waals surface area contributed by atoms with E-state index in [1.165, 1.54) is 6.21 Å². The molecule has 30 heavy (non-hydrogen) atoms. The predicted molar refractivity (Wildman–Crippen MR) is 115 cm³/mol. The van der Waals surface area contributed by atoms with Crippen molar-refractivity contribution in [2.45, 2.75) is 64.6 Å². The van der Waals surface area contributed by atoms with Crippen LogP contribution in [0.25, 0.3) is 0 Å². The third kappa shape index (κ3) is 5.35. The molecule has 0 saturated carbocycles. The highest BCUT2D eigenvalue weighted by molar-refractivity contribution is 5.92. The summed E-state index contributed by atoms with van der Waals surface area (Å²) in [4.78, 5) is 26.1. The summed E-state index contributed by atoms with van der Waals surface area (Å²) in [5.41, 5.74) is -0.249. The molecule has 0 bridgehead atoms. The van der Waals surface area contributed by atoms with Crippen molar-refractivity contribution in [1.82, 2.24) is 25.7 Å². The minimum Gasteiger partial charge on any atom is -0.494 e. The Morgan fingerprint density at radius 3 is 2.50 bits per heavy atom. The quantitative estimate of drug-likeness (QED) is 0.625. The molecular formula is C21H30N6O3. The maximum Gasteiger partial charge on any atom is 0.320 e. The SMILES string of the molecule is CCOc1ccc(C=Nn2[nH]nc(C(=O)NC3CC(C)(C)NC(C)(C)C3)c2=O)cc1. The van der Waals surface area contributed by atoms with Crippen LogP contribution in [0.15, 0.2) is 34.2 Å². The second-order valence-corrected chi connectivity index (χ2v) is 8.90. The fourth-order valence-corrected chi connectivity index (χ4v) is 4.14. The highest BCUT2D eigenvalue weighted by Gasteiger charge is 2.38. The van der Waals surface area contributed by atoms with Crippen LogP contribution in [0.3, 0.4) is 0 Å². The fraction of sp³-hybridized carbons (Fsp3) is 0.524. The Morgan fingerprint density at radius 2 is 1.90 bits per heavy atom. The lowest BCUT2D eigenvalue weighted by atomic mass is 9.79. The Labute approximate surface area is 175 Å². The lowest BCUT2D eigenvalue weighted by Crippen LogP contribution is -2.62. The second kappa shape index (κ2) is 8.43. The van der Waals surface area contributed by atoms with Gasteiger partial charge in [0.1, 0.15) is 5.75 Å². The molecule has 0 unspecified atom stereocenters. The maximum absolute atomic E-state index is 12.6. The largest absolute Gasteiger partial charge is 0.494 e. The smallest absolute Gasteiger partial charge is 0.320 e. The zero-order valence-corrected chi connectivity index (χ0v) is 18.2. The molecular weight excluding hydrogens is 384 g/mol. The Hall–Kier alpha value is -2.94. The van der Waals surface area contributed by atoms with E-state index >= 15 is 0 Å². The predicted octanol–water partition coefficient (Wildman–Crippen LogP) is 1.89. The van der Waals surface area contributed by atoms with Gasteiger partial charge in [0.15, 0.2) is 0 Å². The van der Waals surface area contributed by atoms with Gasteiger partial charge in [0.2, 0.25) is 5.69 Å². The van der Waals surface area contributed by atoms with Crippen LogP contribution in [0.2, 0.25) is 0 Å². The van der Waals surface area contributed by atoms with E-state index < -0.39 is 11.5 Å². The minimum absolute atomic E-state index is 0.0549. The van der Waals surface area contributed by atoms with Gasteiger partial charge in [-0.05, 0) is 77.3 Å². The first kappa shape index (κ1) is 21.8. The third-order valence-corrected chi connectivity index (χ3v) is 4.91. The van der Waals surface area contributed by atoms with Crippen molar-refractivity contribution in [2.75, 3.05) is 6.61 Å². The molecule has 0 radical (unpaired) electrons. The van der Waals surface area contributed by atoms with Crippen molar-refractivity contribution in [3.63, 3.8) is 0 Å². The van der Waals surface area contributed by atoms with Crippen LogP contribution in [-0.2, 0) is 0 Å². The van der Waals surface area contributed by atoms with E-state index in [1.807, 2.05) is 31.2 Å². The number of amides is 1. The minimum atomic E-state index is -0.595. The number of hydrogen-bond acceptors (Lipinski definition) is 6. The van der Waals surface area contributed by atoms with Gasteiger partial charge in [0.25, 0.3) is 5.91 Å². The number of nitrogens with one attached hydrogen (secondary N) is 3. The summed E-state index contributed by atoms with van der Waals surface area (Å²) in [5, 5.41) is 17.0. The van der Waals surface area contributed by atoms with Crippen LogP contribution in [-0.4, -0.2) is 51.0 Å². The van der Waals surface area contributed by atoms with Crippen molar-refractivity contribution in [2.24, 2.45) is 5.10 Å². The van der Waals surface area contributed by atoms with Crippen molar-refractivity contribution < 1.29 is 9.53 Å². The van der Waals surface area contributed by atoms with E-state index in [0.29, 0.717) is 6.61 Å². The zero-order chi connectivity index (χ0) is 21.9. The van der Waals surface area contributed by atoms with Crippen LogP contribution in [0.1, 0.15) is 63.5 Å². The molecule has 1 amide bonds. The van der Waals surface area contributed by atoms with Crippen LogP contribution in [0.4, 0.5) is 0 Å². The van der Waals surface area contributed by atoms with Crippen molar-refractivity contribution in [3.05, 3.63) is 45.9 Å². The lowest BCUT2D eigenvalue weighted by molar-refractivity contribution is 0.0867. The molecule has 1 saturated heterocycles. The molecule has 162 valence electrons. The first-order valence-electron chi connectivity index (χ1n) is 10.1. The van der Waals surface area contributed by atoms with E-state index in [2.05, 4.69) is 53.7 Å². The normalized spacial score (nSPS) is 18.4. The molecule has 3 rings (SSSR count). The van der Waals surface area contributed by atoms with Gasteiger partial charge in [-0.15, -0.1) is 9.89 Å². The monoisotopic (exact) mass is 414 g/mol. The zero-order valence-electron chi connectivity index (χ0n) is 18.2. The number of rotatable bonds is 6. The van der Waals surface area contributed by atoms with E-state index in [-0.39, 0.29) is 22.8 Å². The summed E-state index contributed by atoms with van der Waals surface area (Å²) in [6.45, 7) is 10.9. The molecule has 2 heterocycles. The highest BCUT2D eigenvalue weighted by atomic mass is 16.5. The number of piperidine rings is 1. The molecule has 0 spiro atoms. The first-order valence-corrected chi connectivity index (χ1v) is 10.1. The summed E-state index contributed by atoms with van der Waals surface area (Å²) >= 11 is 0. The average Bonchev–Trinajstić information content (AvgIpc) is 2.99.